The van der Waals surface area contributed by atoms with Crippen LogP contribution in [0.4, 0.5) is 0 Å². The topological polar surface area (TPSA) is 62.7 Å². The number of benzene rings is 1. The molecule has 0 amide bonds. The minimum absolute atomic E-state index is 0.0814. The van der Waals surface area contributed by atoms with Gasteiger partial charge >= 0.3 is 5.97 Å². The number of aliphatic carboxylic acids is 1. The second-order valence-corrected chi connectivity index (χ2v) is 6.74. The van der Waals surface area contributed by atoms with Gasteiger partial charge in [0.25, 0.3) is 0 Å². The van der Waals surface area contributed by atoms with E-state index in [1.54, 1.807) is 25.6 Å². The normalized spacial score (nSPS) is 19.5. The molecule has 1 spiro atoms. The zero-order valence-corrected chi connectivity index (χ0v) is 13.6. The van der Waals surface area contributed by atoms with Crippen molar-refractivity contribution >= 4 is 5.97 Å². The molecule has 5 heteroatoms. The molecular formula is C19H20N2O3. The van der Waals surface area contributed by atoms with E-state index in [1.807, 2.05) is 12.1 Å². The van der Waals surface area contributed by atoms with Crippen molar-refractivity contribution in [1.82, 2.24) is 9.88 Å². The van der Waals surface area contributed by atoms with E-state index in [2.05, 4.69) is 22.0 Å². The van der Waals surface area contributed by atoms with E-state index in [0.717, 1.165) is 30.7 Å². The number of methoxy groups -OCH3 is 1. The fourth-order valence-electron chi connectivity index (χ4n) is 3.87. The lowest BCUT2D eigenvalue weighted by molar-refractivity contribution is -0.144. The van der Waals surface area contributed by atoms with Crippen molar-refractivity contribution in [3.8, 4) is 5.75 Å². The van der Waals surface area contributed by atoms with Gasteiger partial charge in [-0.15, -0.1) is 0 Å². The first-order valence-electron chi connectivity index (χ1n) is 8.17. The van der Waals surface area contributed by atoms with Gasteiger partial charge in [0.1, 0.15) is 11.8 Å². The van der Waals surface area contributed by atoms with Crippen LogP contribution < -0.4 is 4.74 Å². The summed E-state index contributed by atoms with van der Waals surface area (Å²) in [5.74, 6) is 0.0475. The molecule has 1 saturated carbocycles. The molecule has 4 rings (SSSR count). The van der Waals surface area contributed by atoms with Crippen LogP contribution in [-0.4, -0.2) is 34.6 Å². The third-order valence-electron chi connectivity index (χ3n) is 5.22. The first-order valence-corrected chi connectivity index (χ1v) is 8.17. The summed E-state index contributed by atoms with van der Waals surface area (Å²) in [5.41, 5.74) is 3.35. The Kier molecular flexibility index (Phi) is 3.53. The van der Waals surface area contributed by atoms with Crippen LogP contribution in [0.2, 0.25) is 0 Å². The number of pyridine rings is 1. The molecule has 0 radical (unpaired) electrons. The Morgan fingerprint density at radius 2 is 2.21 bits per heavy atom. The van der Waals surface area contributed by atoms with Crippen LogP contribution in [0.5, 0.6) is 5.75 Å². The molecule has 0 bridgehead atoms. The lowest BCUT2D eigenvalue weighted by Crippen LogP contribution is -2.42. The maximum Gasteiger partial charge on any atom is 0.325 e. The highest BCUT2D eigenvalue weighted by atomic mass is 16.5. The highest BCUT2D eigenvalue weighted by Crippen LogP contribution is 2.54. The van der Waals surface area contributed by atoms with Crippen molar-refractivity contribution in [3.05, 3.63) is 59.4 Å². The lowest BCUT2D eigenvalue weighted by Gasteiger charge is -2.38. The number of carboxylic acids is 1. The van der Waals surface area contributed by atoms with Gasteiger partial charge in [-0.25, -0.2) is 0 Å². The summed E-state index contributed by atoms with van der Waals surface area (Å²) in [5, 5.41) is 9.81. The molecule has 124 valence electrons. The van der Waals surface area contributed by atoms with Gasteiger partial charge in [0.15, 0.2) is 0 Å². The third kappa shape index (κ3) is 2.45. The van der Waals surface area contributed by atoms with Crippen LogP contribution in [-0.2, 0) is 16.8 Å². The van der Waals surface area contributed by atoms with Crippen molar-refractivity contribution in [2.24, 2.45) is 0 Å². The fraction of sp³-hybridized carbons (Fsp3) is 0.368. The summed E-state index contributed by atoms with van der Waals surface area (Å²) >= 11 is 0. The second-order valence-electron chi connectivity index (χ2n) is 6.74. The standard InChI is InChI=1S/C19H20N2O3/c1-24-15-5-4-14-11-21(12-19(6-7-19)16(14)9-15)17(18(22)23)13-3-2-8-20-10-13/h2-5,8-10,17H,6-7,11-12H2,1H3,(H,22,23). The van der Waals surface area contributed by atoms with Gasteiger partial charge in [0.05, 0.1) is 7.11 Å². The predicted octanol–water partition coefficient (Wildman–Crippen LogP) is 2.76. The Morgan fingerprint density at radius 1 is 1.38 bits per heavy atom. The summed E-state index contributed by atoms with van der Waals surface area (Å²) in [6, 6.07) is 9.13. The first-order chi connectivity index (χ1) is 11.6. The molecular weight excluding hydrogens is 304 g/mol. The SMILES string of the molecule is COc1ccc2c(c1)C1(CC1)CN(C(C(=O)O)c1cccnc1)C2. The number of aromatic nitrogens is 1. The Bertz CT molecular complexity index is 771. The molecule has 1 aliphatic heterocycles. The molecule has 1 unspecified atom stereocenters. The average Bonchev–Trinajstić information content (AvgIpc) is 3.35. The molecule has 1 aromatic heterocycles. The lowest BCUT2D eigenvalue weighted by atomic mass is 9.85. The highest BCUT2D eigenvalue weighted by molar-refractivity contribution is 5.75. The fourth-order valence-corrected chi connectivity index (χ4v) is 3.87. The Balaban J connectivity index is 1.72. The van der Waals surface area contributed by atoms with Gasteiger partial charge in [0, 0.05) is 30.9 Å². The van der Waals surface area contributed by atoms with Crippen molar-refractivity contribution in [3.63, 3.8) is 0 Å². The smallest absolute Gasteiger partial charge is 0.325 e. The summed E-state index contributed by atoms with van der Waals surface area (Å²) in [6.07, 6.45) is 5.52. The summed E-state index contributed by atoms with van der Waals surface area (Å²) < 4.78 is 5.37. The van der Waals surface area contributed by atoms with Gasteiger partial charge in [0.2, 0.25) is 0 Å². The third-order valence-corrected chi connectivity index (χ3v) is 5.22. The van der Waals surface area contributed by atoms with E-state index in [-0.39, 0.29) is 5.41 Å². The van der Waals surface area contributed by atoms with Crippen molar-refractivity contribution in [1.29, 1.82) is 0 Å². The predicted molar refractivity (Wildman–Crippen MR) is 88.9 cm³/mol. The maximum absolute atomic E-state index is 12.0. The molecule has 1 atom stereocenters. The summed E-state index contributed by atoms with van der Waals surface area (Å²) in [4.78, 5) is 18.1. The van der Waals surface area contributed by atoms with E-state index < -0.39 is 12.0 Å². The van der Waals surface area contributed by atoms with Crippen LogP contribution in [0.1, 0.15) is 35.6 Å². The zero-order chi connectivity index (χ0) is 16.7. The van der Waals surface area contributed by atoms with Crippen molar-refractivity contribution in [2.75, 3.05) is 13.7 Å². The molecule has 0 saturated heterocycles. The minimum Gasteiger partial charge on any atom is -0.497 e. The van der Waals surface area contributed by atoms with Gasteiger partial charge in [-0.1, -0.05) is 12.1 Å². The van der Waals surface area contributed by atoms with Gasteiger partial charge in [-0.05, 0) is 47.7 Å². The zero-order valence-electron chi connectivity index (χ0n) is 13.6. The monoisotopic (exact) mass is 324 g/mol. The molecule has 1 aromatic carbocycles. The quantitative estimate of drug-likeness (QED) is 0.937. The van der Waals surface area contributed by atoms with Crippen LogP contribution >= 0.6 is 0 Å². The number of hydrogen-bond donors (Lipinski definition) is 1. The molecule has 5 nitrogen and oxygen atoms in total. The Labute approximate surface area is 140 Å². The van der Waals surface area contributed by atoms with Crippen LogP contribution in [0, 0.1) is 0 Å². The van der Waals surface area contributed by atoms with Gasteiger partial charge in [-0.3, -0.25) is 14.7 Å². The van der Waals surface area contributed by atoms with Crippen LogP contribution in [0.15, 0.2) is 42.7 Å². The molecule has 24 heavy (non-hydrogen) atoms. The van der Waals surface area contributed by atoms with E-state index in [0.29, 0.717) is 6.54 Å². The van der Waals surface area contributed by atoms with Gasteiger partial charge in [-0.2, -0.15) is 0 Å². The summed E-state index contributed by atoms with van der Waals surface area (Å²) in [6.45, 7) is 1.39. The Morgan fingerprint density at radius 3 is 2.83 bits per heavy atom. The van der Waals surface area contributed by atoms with Gasteiger partial charge < -0.3 is 9.84 Å². The number of nitrogens with zero attached hydrogens (tertiary/aromatic N) is 2. The van der Waals surface area contributed by atoms with E-state index in [9.17, 15) is 9.90 Å². The number of carbonyl (C=O) groups is 1. The van der Waals surface area contributed by atoms with Crippen molar-refractivity contribution < 1.29 is 14.6 Å². The number of fused-ring (bicyclic) bond motifs is 2. The summed E-state index contributed by atoms with van der Waals surface area (Å²) in [7, 11) is 1.68. The van der Waals surface area contributed by atoms with E-state index in [4.69, 9.17) is 4.74 Å². The molecule has 2 heterocycles. The Hall–Kier alpha value is -2.40. The molecule has 1 N–H and O–H groups in total. The van der Waals surface area contributed by atoms with Crippen LogP contribution in [0.3, 0.4) is 0 Å². The number of carboxylic acid groups (broad SMARTS) is 1. The second kappa shape index (κ2) is 5.60. The first kappa shape index (κ1) is 15.1. The molecule has 1 fully saturated rings. The van der Waals surface area contributed by atoms with E-state index in [1.165, 1.54) is 11.1 Å². The average molecular weight is 324 g/mol. The number of hydrogen-bond acceptors (Lipinski definition) is 4. The molecule has 2 aromatic rings. The van der Waals surface area contributed by atoms with E-state index >= 15 is 0 Å². The number of rotatable bonds is 4. The van der Waals surface area contributed by atoms with Crippen LogP contribution in [0.25, 0.3) is 0 Å². The minimum atomic E-state index is -0.823. The highest BCUT2D eigenvalue weighted by Gasteiger charge is 2.51. The largest absolute Gasteiger partial charge is 0.497 e. The molecule has 1 aliphatic carbocycles. The maximum atomic E-state index is 12.0. The molecule has 2 aliphatic rings. The van der Waals surface area contributed by atoms with Crippen molar-refractivity contribution in [2.45, 2.75) is 30.8 Å². The number of ether oxygens (including phenoxy) is 1.